The number of halogens is 1. The lowest BCUT2D eigenvalue weighted by atomic mass is 10.1. The number of carbonyl (C=O) groups is 1. The molecule has 0 aromatic heterocycles. The first-order valence-electron chi connectivity index (χ1n) is 9.68. The molecule has 2 aromatic rings. The molecule has 2 heterocycles. The largest absolute Gasteiger partial charge is 0.336 e. The molecule has 2 aliphatic rings. The number of amides is 1. The molecule has 29 heavy (non-hydrogen) atoms. The van der Waals surface area contributed by atoms with Crippen LogP contribution in [0.3, 0.4) is 0 Å². The molecule has 0 unspecified atom stereocenters. The molecule has 0 atom stereocenters. The van der Waals surface area contributed by atoms with Gasteiger partial charge in [0.1, 0.15) is 0 Å². The lowest BCUT2D eigenvalue weighted by Gasteiger charge is -2.35. The second-order valence-corrected chi connectivity index (χ2v) is 9.97. The van der Waals surface area contributed by atoms with E-state index in [9.17, 15) is 13.2 Å². The van der Waals surface area contributed by atoms with Gasteiger partial charge in [-0.2, -0.15) is 0 Å². The molecule has 6 nitrogen and oxygen atoms in total. The van der Waals surface area contributed by atoms with Crippen molar-refractivity contribution < 1.29 is 13.2 Å². The first-order valence-corrected chi connectivity index (χ1v) is 11.9. The van der Waals surface area contributed by atoms with Gasteiger partial charge in [0.05, 0.1) is 11.9 Å². The maximum absolute atomic E-state index is 12.9. The Balaban J connectivity index is 1.38. The molecular formula is C21H24ClN3O3S. The van der Waals surface area contributed by atoms with Crippen molar-refractivity contribution in [3.8, 4) is 0 Å². The van der Waals surface area contributed by atoms with E-state index in [1.807, 2.05) is 35.2 Å². The van der Waals surface area contributed by atoms with Crippen LogP contribution in [0.2, 0.25) is 5.02 Å². The number of benzene rings is 2. The fourth-order valence-corrected chi connectivity index (χ4v) is 5.07. The molecule has 2 aromatic carbocycles. The Bertz CT molecular complexity index is 1020. The van der Waals surface area contributed by atoms with E-state index >= 15 is 0 Å². The highest BCUT2D eigenvalue weighted by molar-refractivity contribution is 7.92. The van der Waals surface area contributed by atoms with Crippen LogP contribution in [0.15, 0.2) is 42.5 Å². The minimum atomic E-state index is -3.28. The van der Waals surface area contributed by atoms with Gasteiger partial charge >= 0.3 is 0 Å². The van der Waals surface area contributed by atoms with Crippen molar-refractivity contribution in [2.45, 2.75) is 13.0 Å². The van der Waals surface area contributed by atoms with Crippen molar-refractivity contribution >= 4 is 33.2 Å². The van der Waals surface area contributed by atoms with Crippen molar-refractivity contribution in [1.29, 1.82) is 0 Å². The SMILES string of the molecule is CS(=O)(=O)N1CCc2cc(C(=O)N3CCN(Cc4ccc(Cl)cc4)CC3)ccc21. The Labute approximate surface area is 176 Å². The molecule has 0 saturated carbocycles. The van der Waals surface area contributed by atoms with Gasteiger partial charge < -0.3 is 4.90 Å². The number of anilines is 1. The standard InChI is InChI=1S/C21H24ClN3O3S/c1-29(27,28)25-9-8-17-14-18(4-7-20(17)25)21(26)24-12-10-23(11-13-24)15-16-2-5-19(22)6-3-16/h2-7,14H,8-13,15H2,1H3. The molecule has 0 aliphatic carbocycles. The first-order chi connectivity index (χ1) is 13.8. The highest BCUT2D eigenvalue weighted by Gasteiger charge is 2.28. The quantitative estimate of drug-likeness (QED) is 0.743. The first kappa shape index (κ1) is 20.2. The highest BCUT2D eigenvalue weighted by Crippen LogP contribution is 2.31. The average Bonchev–Trinajstić information content (AvgIpc) is 3.13. The number of rotatable bonds is 4. The molecule has 1 fully saturated rings. The summed E-state index contributed by atoms with van der Waals surface area (Å²) < 4.78 is 25.2. The van der Waals surface area contributed by atoms with Gasteiger partial charge in [-0.1, -0.05) is 23.7 Å². The van der Waals surface area contributed by atoms with E-state index in [1.165, 1.54) is 16.1 Å². The van der Waals surface area contributed by atoms with Crippen LogP contribution in [-0.4, -0.2) is 63.1 Å². The number of carbonyl (C=O) groups excluding carboxylic acids is 1. The van der Waals surface area contributed by atoms with E-state index in [0.29, 0.717) is 37.3 Å². The maximum atomic E-state index is 12.9. The average molecular weight is 434 g/mol. The number of hydrogen-bond donors (Lipinski definition) is 0. The van der Waals surface area contributed by atoms with Gasteiger partial charge in [-0.3, -0.25) is 14.0 Å². The monoisotopic (exact) mass is 433 g/mol. The Morgan fingerprint density at radius 2 is 1.69 bits per heavy atom. The summed E-state index contributed by atoms with van der Waals surface area (Å²) in [4.78, 5) is 17.2. The van der Waals surface area contributed by atoms with Crippen molar-refractivity contribution in [2.75, 3.05) is 43.3 Å². The predicted molar refractivity (Wildman–Crippen MR) is 115 cm³/mol. The zero-order chi connectivity index (χ0) is 20.6. The summed E-state index contributed by atoms with van der Waals surface area (Å²) >= 11 is 5.94. The van der Waals surface area contributed by atoms with Crippen LogP contribution in [0, 0.1) is 0 Å². The molecule has 1 amide bonds. The zero-order valence-electron chi connectivity index (χ0n) is 16.3. The Kier molecular flexibility index (Phi) is 5.55. The molecule has 2 aliphatic heterocycles. The lowest BCUT2D eigenvalue weighted by molar-refractivity contribution is 0.0628. The van der Waals surface area contributed by atoms with Crippen molar-refractivity contribution in [2.24, 2.45) is 0 Å². The summed E-state index contributed by atoms with van der Waals surface area (Å²) in [5.74, 6) is 0.0109. The van der Waals surface area contributed by atoms with E-state index in [1.54, 1.807) is 12.1 Å². The number of fused-ring (bicyclic) bond motifs is 1. The summed E-state index contributed by atoms with van der Waals surface area (Å²) in [6.45, 7) is 4.29. The summed E-state index contributed by atoms with van der Waals surface area (Å²) in [6, 6.07) is 13.2. The van der Waals surface area contributed by atoms with E-state index in [2.05, 4.69) is 4.90 Å². The van der Waals surface area contributed by atoms with E-state index < -0.39 is 10.0 Å². The predicted octanol–water partition coefficient (Wildman–Crippen LogP) is 2.62. The Morgan fingerprint density at radius 3 is 2.34 bits per heavy atom. The summed E-state index contributed by atoms with van der Waals surface area (Å²) in [5.41, 5.74) is 3.45. The van der Waals surface area contributed by atoms with Crippen LogP contribution in [0.5, 0.6) is 0 Å². The summed E-state index contributed by atoms with van der Waals surface area (Å²) in [7, 11) is -3.28. The maximum Gasteiger partial charge on any atom is 0.253 e. The van der Waals surface area contributed by atoms with Crippen LogP contribution in [-0.2, 0) is 23.0 Å². The number of hydrogen-bond acceptors (Lipinski definition) is 4. The fourth-order valence-electron chi connectivity index (χ4n) is 3.99. The van der Waals surface area contributed by atoms with Gasteiger partial charge in [-0.25, -0.2) is 8.42 Å². The summed E-state index contributed by atoms with van der Waals surface area (Å²) in [6.07, 6.45) is 1.85. The van der Waals surface area contributed by atoms with Crippen LogP contribution < -0.4 is 4.31 Å². The molecule has 8 heteroatoms. The molecule has 0 bridgehead atoms. The Morgan fingerprint density at radius 1 is 1.00 bits per heavy atom. The number of piperazine rings is 1. The molecule has 154 valence electrons. The zero-order valence-corrected chi connectivity index (χ0v) is 17.9. The molecule has 4 rings (SSSR count). The normalized spacial score (nSPS) is 17.4. The molecule has 0 spiro atoms. The molecule has 0 N–H and O–H groups in total. The van der Waals surface area contributed by atoms with Gasteiger partial charge in [0.15, 0.2) is 0 Å². The molecule has 1 saturated heterocycles. The smallest absolute Gasteiger partial charge is 0.253 e. The third-order valence-corrected chi connectivity index (χ3v) is 6.99. The second-order valence-electron chi connectivity index (χ2n) is 7.62. The highest BCUT2D eigenvalue weighted by atomic mass is 35.5. The van der Waals surface area contributed by atoms with Crippen LogP contribution in [0.25, 0.3) is 0 Å². The van der Waals surface area contributed by atoms with Crippen molar-refractivity contribution in [3.05, 3.63) is 64.2 Å². The van der Waals surface area contributed by atoms with Gasteiger partial charge in [0.25, 0.3) is 5.91 Å². The van der Waals surface area contributed by atoms with E-state index in [4.69, 9.17) is 11.6 Å². The fraction of sp³-hybridized carbons (Fsp3) is 0.381. The van der Waals surface area contributed by atoms with Crippen LogP contribution in [0.1, 0.15) is 21.5 Å². The van der Waals surface area contributed by atoms with Gasteiger partial charge in [-0.15, -0.1) is 0 Å². The third kappa shape index (κ3) is 4.42. The number of nitrogens with zero attached hydrogens (tertiary/aromatic N) is 3. The van der Waals surface area contributed by atoms with Gasteiger partial charge in [0, 0.05) is 49.9 Å². The van der Waals surface area contributed by atoms with Crippen LogP contribution >= 0.6 is 11.6 Å². The van der Waals surface area contributed by atoms with E-state index in [0.717, 1.165) is 30.2 Å². The van der Waals surface area contributed by atoms with Gasteiger partial charge in [0.2, 0.25) is 10.0 Å². The number of sulfonamides is 1. The minimum absolute atomic E-state index is 0.0109. The Hall–Kier alpha value is -2.09. The van der Waals surface area contributed by atoms with Crippen LogP contribution in [0.4, 0.5) is 5.69 Å². The lowest BCUT2D eigenvalue weighted by Crippen LogP contribution is -2.48. The molecule has 0 radical (unpaired) electrons. The minimum Gasteiger partial charge on any atom is -0.336 e. The third-order valence-electron chi connectivity index (χ3n) is 5.56. The van der Waals surface area contributed by atoms with Crippen molar-refractivity contribution in [3.63, 3.8) is 0 Å². The summed E-state index contributed by atoms with van der Waals surface area (Å²) in [5, 5.41) is 0.734. The topological polar surface area (TPSA) is 60.9 Å². The van der Waals surface area contributed by atoms with E-state index in [-0.39, 0.29) is 5.91 Å². The van der Waals surface area contributed by atoms with Crippen molar-refractivity contribution in [1.82, 2.24) is 9.80 Å². The van der Waals surface area contributed by atoms with Gasteiger partial charge in [-0.05, 0) is 47.9 Å². The second kappa shape index (κ2) is 7.97. The molecular weight excluding hydrogens is 410 g/mol.